The van der Waals surface area contributed by atoms with Crippen molar-refractivity contribution in [3.63, 3.8) is 0 Å². The molecular weight excluding hydrogens is 253 g/mol. The molecule has 0 N–H and O–H groups in total. The van der Waals surface area contributed by atoms with Crippen molar-refractivity contribution in [3.8, 4) is 6.07 Å². The second-order valence-electron chi connectivity index (χ2n) is 3.41. The number of halogens is 4. The van der Waals surface area contributed by atoms with Gasteiger partial charge in [-0.25, -0.2) is 0 Å². The number of hydrogen-bond acceptors (Lipinski definition) is 2. The second-order valence-corrected chi connectivity index (χ2v) is 3.81. The van der Waals surface area contributed by atoms with Crippen molar-refractivity contribution in [3.05, 3.63) is 28.8 Å². The molecule has 6 heteroatoms. The number of anilines is 1. The van der Waals surface area contributed by atoms with E-state index in [0.29, 0.717) is 5.69 Å². The van der Waals surface area contributed by atoms with E-state index in [1.807, 2.05) is 6.07 Å². The summed E-state index contributed by atoms with van der Waals surface area (Å²) in [6.07, 6.45) is -4.27. The minimum atomic E-state index is -4.27. The highest BCUT2D eigenvalue weighted by molar-refractivity contribution is 6.32. The molecule has 2 nitrogen and oxygen atoms in total. The molecule has 0 spiro atoms. The zero-order valence-corrected chi connectivity index (χ0v) is 9.81. The summed E-state index contributed by atoms with van der Waals surface area (Å²) in [4.78, 5) is 1.15. The Bertz CT molecular complexity index is 437. The summed E-state index contributed by atoms with van der Waals surface area (Å²) in [7, 11) is 0. The van der Waals surface area contributed by atoms with Crippen LogP contribution in [0.5, 0.6) is 0 Å². The number of nitrogens with zero attached hydrogens (tertiary/aromatic N) is 2. The van der Waals surface area contributed by atoms with Crippen LogP contribution in [0.4, 0.5) is 18.9 Å². The lowest BCUT2D eigenvalue weighted by Gasteiger charge is -2.24. The quantitative estimate of drug-likeness (QED) is 0.832. The lowest BCUT2D eigenvalue weighted by Crippen LogP contribution is -2.34. The van der Waals surface area contributed by atoms with Crippen molar-refractivity contribution < 1.29 is 13.2 Å². The van der Waals surface area contributed by atoms with Crippen LogP contribution in [0.1, 0.15) is 12.5 Å². The lowest BCUT2D eigenvalue weighted by atomic mass is 10.2. The van der Waals surface area contributed by atoms with Gasteiger partial charge in [-0.05, 0) is 25.1 Å². The van der Waals surface area contributed by atoms with Crippen LogP contribution >= 0.6 is 11.6 Å². The van der Waals surface area contributed by atoms with Crippen LogP contribution in [0.3, 0.4) is 0 Å². The van der Waals surface area contributed by atoms with Crippen LogP contribution < -0.4 is 4.90 Å². The van der Waals surface area contributed by atoms with E-state index < -0.39 is 12.7 Å². The number of alkyl halides is 3. The van der Waals surface area contributed by atoms with E-state index in [4.69, 9.17) is 16.9 Å². The maximum Gasteiger partial charge on any atom is 0.405 e. The van der Waals surface area contributed by atoms with Gasteiger partial charge in [-0.15, -0.1) is 0 Å². The molecule has 92 valence electrons. The molecule has 17 heavy (non-hydrogen) atoms. The smallest absolute Gasteiger partial charge is 0.363 e. The van der Waals surface area contributed by atoms with Crippen LogP contribution in [0.15, 0.2) is 18.2 Å². The first-order valence-electron chi connectivity index (χ1n) is 4.88. The van der Waals surface area contributed by atoms with E-state index in [1.54, 1.807) is 6.92 Å². The minimum absolute atomic E-state index is 0.158. The van der Waals surface area contributed by atoms with Gasteiger partial charge in [0.2, 0.25) is 0 Å². The molecule has 0 amide bonds. The molecule has 0 saturated heterocycles. The first kappa shape index (κ1) is 13.7. The van der Waals surface area contributed by atoms with Gasteiger partial charge < -0.3 is 4.90 Å². The zero-order valence-electron chi connectivity index (χ0n) is 9.05. The Morgan fingerprint density at radius 3 is 2.47 bits per heavy atom. The summed E-state index contributed by atoms with van der Waals surface area (Å²) in [6, 6.07) is 6.10. The fraction of sp³-hybridized carbons (Fsp3) is 0.364. The monoisotopic (exact) mass is 262 g/mol. The van der Waals surface area contributed by atoms with Gasteiger partial charge >= 0.3 is 6.18 Å². The Morgan fingerprint density at radius 1 is 1.41 bits per heavy atom. The maximum atomic E-state index is 12.3. The first-order valence-corrected chi connectivity index (χ1v) is 5.26. The van der Waals surface area contributed by atoms with E-state index in [9.17, 15) is 13.2 Å². The summed E-state index contributed by atoms with van der Waals surface area (Å²) in [6.45, 7) is 0.797. The lowest BCUT2D eigenvalue weighted by molar-refractivity contribution is -0.119. The van der Waals surface area contributed by atoms with Crippen molar-refractivity contribution >= 4 is 17.3 Å². The molecule has 0 aliphatic heterocycles. The maximum absolute atomic E-state index is 12.3. The van der Waals surface area contributed by atoms with Crippen molar-refractivity contribution in [2.24, 2.45) is 0 Å². The Hall–Kier alpha value is -1.41. The molecule has 0 fully saturated rings. The molecule has 0 atom stereocenters. The average Bonchev–Trinajstić information content (AvgIpc) is 2.24. The third kappa shape index (κ3) is 3.82. The summed E-state index contributed by atoms with van der Waals surface area (Å²) in [5.41, 5.74) is 0.604. The van der Waals surface area contributed by atoms with Gasteiger partial charge in [0.25, 0.3) is 0 Å². The van der Waals surface area contributed by atoms with E-state index in [2.05, 4.69) is 0 Å². The zero-order chi connectivity index (χ0) is 13.1. The Morgan fingerprint density at radius 2 is 2.06 bits per heavy atom. The van der Waals surface area contributed by atoms with Crippen molar-refractivity contribution in [1.82, 2.24) is 0 Å². The largest absolute Gasteiger partial charge is 0.405 e. The van der Waals surface area contributed by atoms with Crippen LogP contribution in [0.2, 0.25) is 5.02 Å². The van der Waals surface area contributed by atoms with Gasteiger partial charge in [-0.1, -0.05) is 11.6 Å². The Balaban J connectivity index is 2.98. The number of nitriles is 1. The van der Waals surface area contributed by atoms with E-state index in [-0.39, 0.29) is 17.1 Å². The molecule has 0 bridgehead atoms. The number of benzene rings is 1. The average molecular weight is 263 g/mol. The summed E-state index contributed by atoms with van der Waals surface area (Å²) in [5, 5.41) is 8.82. The van der Waals surface area contributed by atoms with Crippen molar-refractivity contribution in [2.45, 2.75) is 13.1 Å². The third-order valence-corrected chi connectivity index (χ3v) is 2.50. The molecule has 1 aromatic rings. The predicted octanol–water partition coefficient (Wildman–Crippen LogP) is 3.60. The summed E-state index contributed by atoms with van der Waals surface area (Å²) < 4.78 is 36.9. The Kier molecular flexibility index (Phi) is 4.24. The first-order chi connectivity index (χ1) is 7.87. The predicted molar refractivity (Wildman–Crippen MR) is 60.1 cm³/mol. The molecular formula is C11H10ClF3N2. The molecule has 0 heterocycles. The summed E-state index contributed by atoms with van der Waals surface area (Å²) >= 11 is 5.77. The van der Waals surface area contributed by atoms with Crippen LogP contribution in [0.25, 0.3) is 0 Å². The summed E-state index contributed by atoms with van der Waals surface area (Å²) in [5.74, 6) is 0. The molecule has 0 aliphatic carbocycles. The second kappa shape index (κ2) is 5.28. The van der Waals surface area contributed by atoms with Gasteiger partial charge in [0, 0.05) is 12.2 Å². The van der Waals surface area contributed by atoms with Crippen LogP contribution in [0, 0.1) is 11.3 Å². The SMILES string of the molecule is CCN(CC(F)(F)F)c1ccc(C#N)c(Cl)c1. The third-order valence-electron chi connectivity index (χ3n) is 2.19. The topological polar surface area (TPSA) is 27.0 Å². The Labute approximate surface area is 102 Å². The molecule has 0 aromatic heterocycles. The standard InChI is InChI=1S/C11H10ClF3N2/c1-2-17(7-11(13,14)15)9-4-3-8(6-16)10(12)5-9/h3-5H,2,7H2,1H3. The number of rotatable bonds is 3. The van der Waals surface area contributed by atoms with E-state index >= 15 is 0 Å². The van der Waals surface area contributed by atoms with Gasteiger partial charge in [0.1, 0.15) is 12.6 Å². The number of hydrogen-bond donors (Lipinski definition) is 0. The molecule has 0 radical (unpaired) electrons. The van der Waals surface area contributed by atoms with Gasteiger partial charge in [-0.2, -0.15) is 18.4 Å². The van der Waals surface area contributed by atoms with Crippen molar-refractivity contribution in [2.75, 3.05) is 18.0 Å². The van der Waals surface area contributed by atoms with E-state index in [1.165, 1.54) is 18.2 Å². The highest BCUT2D eigenvalue weighted by Gasteiger charge is 2.30. The highest BCUT2D eigenvalue weighted by Crippen LogP contribution is 2.26. The fourth-order valence-corrected chi connectivity index (χ4v) is 1.61. The van der Waals surface area contributed by atoms with Gasteiger partial charge in [0.15, 0.2) is 0 Å². The fourth-order valence-electron chi connectivity index (χ4n) is 1.39. The highest BCUT2D eigenvalue weighted by atomic mass is 35.5. The van der Waals surface area contributed by atoms with Gasteiger partial charge in [-0.3, -0.25) is 0 Å². The van der Waals surface area contributed by atoms with E-state index in [0.717, 1.165) is 4.90 Å². The molecule has 0 aliphatic rings. The van der Waals surface area contributed by atoms with Gasteiger partial charge in [0.05, 0.1) is 10.6 Å². The molecule has 1 aromatic carbocycles. The molecule has 1 rings (SSSR count). The molecule has 0 saturated carbocycles. The van der Waals surface area contributed by atoms with Crippen LogP contribution in [-0.2, 0) is 0 Å². The normalized spacial score (nSPS) is 11.1. The van der Waals surface area contributed by atoms with Crippen LogP contribution in [-0.4, -0.2) is 19.3 Å². The molecule has 0 unspecified atom stereocenters. The van der Waals surface area contributed by atoms with Crippen molar-refractivity contribution in [1.29, 1.82) is 5.26 Å². The minimum Gasteiger partial charge on any atom is -0.363 e.